The number of hydrogen-bond donors (Lipinski definition) is 1. The maximum atomic E-state index is 12.6. The van der Waals surface area contributed by atoms with E-state index >= 15 is 0 Å². The van der Waals surface area contributed by atoms with Crippen molar-refractivity contribution < 1.29 is 18.3 Å². The summed E-state index contributed by atoms with van der Waals surface area (Å²) in [6, 6.07) is 7.02. The number of hydrogen-bond acceptors (Lipinski definition) is 5. The summed E-state index contributed by atoms with van der Waals surface area (Å²) >= 11 is 7.12. The van der Waals surface area contributed by atoms with E-state index in [1.807, 2.05) is 0 Å². The lowest BCUT2D eigenvalue weighted by Gasteiger charge is -2.25. The molecule has 0 spiro atoms. The highest BCUT2D eigenvalue weighted by atomic mass is 35.5. The number of ether oxygens (including phenoxy) is 1. The minimum atomic E-state index is -2.49. The molecule has 3 rings (SSSR count). The molecule has 1 saturated heterocycles. The Morgan fingerprint density at radius 1 is 1.36 bits per heavy atom. The molecule has 0 bridgehead atoms. The van der Waals surface area contributed by atoms with Crippen molar-refractivity contribution >= 4 is 35.3 Å². The van der Waals surface area contributed by atoms with Crippen LogP contribution in [0.4, 0.5) is 8.78 Å². The van der Waals surface area contributed by atoms with Crippen molar-refractivity contribution in [1.82, 2.24) is 14.6 Å². The number of nitrogen functional groups attached to an aromatic ring is 1. The molecule has 10 heteroatoms. The van der Waals surface area contributed by atoms with Gasteiger partial charge < -0.3 is 15.5 Å². The van der Waals surface area contributed by atoms with E-state index in [-0.39, 0.29) is 11.1 Å². The number of amides is 1. The maximum Gasteiger partial charge on any atom is 0.248 e. The molecule has 2 heterocycles. The predicted octanol–water partition coefficient (Wildman–Crippen LogP) is 3.15. The van der Waals surface area contributed by atoms with Gasteiger partial charge in [-0.05, 0) is 12.1 Å². The van der Waals surface area contributed by atoms with Crippen LogP contribution in [0.15, 0.2) is 35.5 Å². The zero-order valence-corrected chi connectivity index (χ0v) is 16.4. The molecule has 0 unspecified atom stereocenters. The first kappa shape index (κ1) is 20.6. The van der Waals surface area contributed by atoms with Gasteiger partial charge in [-0.1, -0.05) is 41.6 Å². The minimum absolute atomic E-state index is 0.184. The molecule has 28 heavy (non-hydrogen) atoms. The topological polar surface area (TPSA) is 73.4 Å². The van der Waals surface area contributed by atoms with Gasteiger partial charge in [-0.3, -0.25) is 4.79 Å². The van der Waals surface area contributed by atoms with Gasteiger partial charge in [0.15, 0.2) is 5.16 Å². The first-order valence-electron chi connectivity index (χ1n) is 8.55. The van der Waals surface area contributed by atoms with E-state index in [9.17, 15) is 13.6 Å². The Hall–Kier alpha value is -2.10. The fourth-order valence-corrected chi connectivity index (χ4v) is 3.61. The predicted molar refractivity (Wildman–Crippen MR) is 106 cm³/mol. The van der Waals surface area contributed by atoms with Crippen LogP contribution in [0.2, 0.25) is 5.02 Å². The van der Waals surface area contributed by atoms with Gasteiger partial charge in [0.2, 0.25) is 12.3 Å². The highest BCUT2D eigenvalue weighted by Crippen LogP contribution is 2.33. The Labute approximate surface area is 170 Å². The molecule has 0 aliphatic carbocycles. The van der Waals surface area contributed by atoms with Crippen LogP contribution in [0.5, 0.6) is 0 Å². The normalized spacial score (nSPS) is 14.9. The smallest absolute Gasteiger partial charge is 0.248 e. The quantitative estimate of drug-likeness (QED) is 0.434. The number of carbonyl (C=O) groups is 1. The van der Waals surface area contributed by atoms with Crippen LogP contribution >= 0.6 is 23.4 Å². The van der Waals surface area contributed by atoms with Crippen molar-refractivity contribution in [3.63, 3.8) is 0 Å². The molecule has 1 aromatic heterocycles. The Morgan fingerprint density at radius 2 is 2.07 bits per heavy atom. The molecule has 1 aromatic carbocycles. The zero-order valence-electron chi connectivity index (χ0n) is 14.9. The van der Waals surface area contributed by atoms with Gasteiger partial charge in [0.05, 0.1) is 29.7 Å². The molecular formula is C18H19ClF2N4O2S. The van der Waals surface area contributed by atoms with Crippen LogP contribution in [-0.2, 0) is 9.53 Å². The minimum Gasteiger partial charge on any atom is -0.378 e. The van der Waals surface area contributed by atoms with Crippen LogP contribution < -0.4 is 5.84 Å². The molecular weight excluding hydrogens is 410 g/mol. The fourth-order valence-electron chi connectivity index (χ4n) is 2.71. The average molecular weight is 429 g/mol. The molecule has 2 aromatic rings. The lowest BCUT2D eigenvalue weighted by molar-refractivity contribution is -0.129. The van der Waals surface area contributed by atoms with Gasteiger partial charge in [0.25, 0.3) is 0 Å². The standard InChI is InChI=1S/C18H19ClF2N4O2S/c19-13-4-2-1-3-12(13)17-14(25(22)18(23-17)28-11-15(20)21)5-6-16(26)24-7-9-27-10-8-24/h1-6,15H,7-11,22H2/b6-5+. The number of benzene rings is 1. The number of rotatable bonds is 6. The van der Waals surface area contributed by atoms with Crippen LogP contribution in [0, 0.1) is 0 Å². The van der Waals surface area contributed by atoms with Crippen LogP contribution in [-0.4, -0.2) is 58.9 Å². The van der Waals surface area contributed by atoms with Crippen molar-refractivity contribution in [2.24, 2.45) is 0 Å². The summed E-state index contributed by atoms with van der Waals surface area (Å²) in [7, 11) is 0. The second kappa shape index (κ2) is 9.40. The van der Waals surface area contributed by atoms with E-state index in [0.29, 0.717) is 48.3 Å². The Kier molecular flexibility index (Phi) is 6.93. The molecule has 1 aliphatic heterocycles. The molecule has 150 valence electrons. The summed E-state index contributed by atoms with van der Waals surface area (Å²) in [5, 5.41) is 0.661. The van der Waals surface area contributed by atoms with Crippen molar-refractivity contribution in [2.45, 2.75) is 11.6 Å². The highest BCUT2D eigenvalue weighted by molar-refractivity contribution is 7.99. The van der Waals surface area contributed by atoms with Crippen molar-refractivity contribution in [1.29, 1.82) is 0 Å². The first-order chi connectivity index (χ1) is 13.5. The van der Waals surface area contributed by atoms with E-state index in [0.717, 1.165) is 11.8 Å². The fraction of sp³-hybridized carbons (Fsp3) is 0.333. The van der Waals surface area contributed by atoms with Crippen molar-refractivity contribution in [3.8, 4) is 11.3 Å². The zero-order chi connectivity index (χ0) is 20.1. The van der Waals surface area contributed by atoms with Gasteiger partial charge in [0, 0.05) is 24.7 Å². The number of morpholine rings is 1. The van der Waals surface area contributed by atoms with Crippen LogP contribution in [0.1, 0.15) is 5.69 Å². The van der Waals surface area contributed by atoms with Gasteiger partial charge in [-0.15, -0.1) is 0 Å². The summed E-state index contributed by atoms with van der Waals surface area (Å²) in [6.45, 7) is 2.01. The largest absolute Gasteiger partial charge is 0.378 e. The molecule has 0 radical (unpaired) electrons. The van der Waals surface area contributed by atoms with E-state index in [1.54, 1.807) is 29.2 Å². The van der Waals surface area contributed by atoms with Crippen LogP contribution in [0.3, 0.4) is 0 Å². The third-order valence-electron chi connectivity index (χ3n) is 4.09. The lowest BCUT2D eigenvalue weighted by atomic mass is 10.1. The summed E-state index contributed by atoms with van der Waals surface area (Å²) < 4.78 is 31.7. The molecule has 1 amide bonds. The number of thioether (sulfide) groups is 1. The molecule has 1 aliphatic rings. The van der Waals surface area contributed by atoms with Gasteiger partial charge in [0.1, 0.15) is 5.69 Å². The monoisotopic (exact) mass is 428 g/mol. The second-order valence-electron chi connectivity index (χ2n) is 5.95. The average Bonchev–Trinajstić information content (AvgIpc) is 3.01. The number of halogens is 3. The maximum absolute atomic E-state index is 12.6. The van der Waals surface area contributed by atoms with Gasteiger partial charge in [-0.2, -0.15) is 0 Å². The second-order valence-corrected chi connectivity index (χ2v) is 7.35. The van der Waals surface area contributed by atoms with E-state index in [1.165, 1.54) is 16.8 Å². The third kappa shape index (κ3) is 4.84. The van der Waals surface area contributed by atoms with Crippen molar-refractivity contribution in [2.75, 3.05) is 37.9 Å². The highest BCUT2D eigenvalue weighted by Gasteiger charge is 2.20. The summed E-state index contributed by atoms with van der Waals surface area (Å²) in [5.41, 5.74) is 1.44. The third-order valence-corrected chi connectivity index (χ3v) is 5.38. The SMILES string of the molecule is Nn1c(SCC(F)F)nc(-c2ccccc2Cl)c1/C=C/C(=O)N1CCOCC1. The molecule has 0 saturated carbocycles. The summed E-state index contributed by atoms with van der Waals surface area (Å²) in [5.74, 6) is 5.47. The number of alkyl halides is 2. The lowest BCUT2D eigenvalue weighted by Crippen LogP contribution is -2.39. The number of nitrogens with zero attached hydrogens (tertiary/aromatic N) is 3. The number of aromatic nitrogens is 2. The Balaban J connectivity index is 1.94. The Bertz CT molecular complexity index is 869. The molecule has 1 fully saturated rings. The van der Waals surface area contributed by atoms with E-state index in [4.69, 9.17) is 22.2 Å². The molecule has 6 nitrogen and oxygen atoms in total. The van der Waals surface area contributed by atoms with Crippen LogP contribution in [0.25, 0.3) is 17.3 Å². The van der Waals surface area contributed by atoms with Gasteiger partial charge in [-0.25, -0.2) is 18.4 Å². The van der Waals surface area contributed by atoms with E-state index < -0.39 is 12.2 Å². The summed E-state index contributed by atoms with van der Waals surface area (Å²) in [4.78, 5) is 18.5. The summed E-state index contributed by atoms with van der Waals surface area (Å²) in [6.07, 6.45) is 0.441. The van der Waals surface area contributed by atoms with Gasteiger partial charge >= 0.3 is 0 Å². The number of carbonyl (C=O) groups excluding carboxylic acids is 1. The van der Waals surface area contributed by atoms with Crippen molar-refractivity contribution in [3.05, 3.63) is 41.1 Å². The molecule has 2 N–H and O–H groups in total. The first-order valence-corrected chi connectivity index (χ1v) is 9.92. The van der Waals surface area contributed by atoms with E-state index in [2.05, 4.69) is 4.98 Å². The number of nitrogens with two attached hydrogens (primary N) is 1. The Morgan fingerprint density at radius 3 is 2.75 bits per heavy atom. The number of imidazole rings is 1. The molecule has 0 atom stereocenters.